The molecular formula is C21H13N3O3. The predicted molar refractivity (Wildman–Crippen MR) is 97.8 cm³/mol. The highest BCUT2D eigenvalue weighted by atomic mass is 16.5. The van der Waals surface area contributed by atoms with Crippen molar-refractivity contribution in [2.75, 3.05) is 7.11 Å². The zero-order valence-electron chi connectivity index (χ0n) is 14.3. The summed E-state index contributed by atoms with van der Waals surface area (Å²) in [5.74, 6) is -0.0468. The van der Waals surface area contributed by atoms with Crippen LogP contribution in [-0.4, -0.2) is 18.1 Å². The van der Waals surface area contributed by atoms with Crippen LogP contribution in [0.15, 0.2) is 52.4 Å². The monoisotopic (exact) mass is 355 g/mol. The number of carbonyl (C=O) groups excluding carboxylic acids is 1. The van der Waals surface area contributed by atoms with E-state index in [4.69, 9.17) is 14.7 Å². The number of hydrogen-bond acceptors (Lipinski definition) is 5. The normalized spacial score (nSPS) is 17.2. The standard InChI is InChI=1S/C21H13N3O3/c1-27-21-17-15-10-4-2-3-5-12(10)22-19(15)18-14(16(17)20(26)24-21)11-7-6-9(25)8-13(11)23-18/h2-8,21,25H,1H3,(H,24,26)/t21-/m1/s1. The topological polar surface area (TPSA) is 83.3 Å². The third kappa shape index (κ3) is 1.70. The van der Waals surface area contributed by atoms with Crippen molar-refractivity contribution in [3.8, 4) is 28.0 Å². The summed E-state index contributed by atoms with van der Waals surface area (Å²) in [6.07, 6.45) is -0.533. The van der Waals surface area contributed by atoms with E-state index in [0.29, 0.717) is 16.6 Å². The van der Waals surface area contributed by atoms with Gasteiger partial charge in [0, 0.05) is 41.0 Å². The van der Waals surface area contributed by atoms with Crippen molar-refractivity contribution in [1.29, 1.82) is 0 Å². The van der Waals surface area contributed by atoms with Gasteiger partial charge in [-0.3, -0.25) is 4.79 Å². The Hall–Kier alpha value is -3.51. The summed E-state index contributed by atoms with van der Waals surface area (Å²) in [6.45, 7) is 0. The lowest BCUT2D eigenvalue weighted by atomic mass is 9.90. The van der Waals surface area contributed by atoms with Gasteiger partial charge in [-0.15, -0.1) is 0 Å². The van der Waals surface area contributed by atoms with Gasteiger partial charge in [0.15, 0.2) is 6.23 Å². The number of hydrogen-bond donors (Lipinski definition) is 2. The van der Waals surface area contributed by atoms with Crippen molar-refractivity contribution < 1.29 is 14.6 Å². The highest BCUT2D eigenvalue weighted by molar-refractivity contribution is 6.09. The van der Waals surface area contributed by atoms with Crippen LogP contribution in [0.5, 0.6) is 5.75 Å². The number of nitrogens with zero attached hydrogens (tertiary/aromatic N) is 2. The second-order valence-corrected chi connectivity index (χ2v) is 6.77. The number of aromatic hydroxyl groups is 1. The van der Waals surface area contributed by atoms with Crippen LogP contribution < -0.4 is 16.0 Å². The summed E-state index contributed by atoms with van der Waals surface area (Å²) in [5, 5.41) is 14.2. The first-order valence-corrected chi connectivity index (χ1v) is 8.61. The van der Waals surface area contributed by atoms with Gasteiger partial charge in [-0.25, -0.2) is 9.98 Å². The molecule has 3 aliphatic rings. The molecular weight excluding hydrogens is 342 g/mol. The molecule has 3 aliphatic heterocycles. The van der Waals surface area contributed by atoms with Crippen LogP contribution in [0.1, 0.15) is 22.1 Å². The number of nitrogens with one attached hydrogen (secondary N) is 1. The summed E-state index contributed by atoms with van der Waals surface area (Å²) in [5.41, 5.74) is 6.32. The zero-order valence-corrected chi connectivity index (χ0v) is 14.3. The summed E-state index contributed by atoms with van der Waals surface area (Å²) < 4.78 is 5.57. The molecule has 0 aliphatic carbocycles. The average molecular weight is 355 g/mol. The van der Waals surface area contributed by atoms with E-state index >= 15 is 0 Å². The molecule has 6 heteroatoms. The van der Waals surface area contributed by atoms with Gasteiger partial charge in [0.05, 0.1) is 27.7 Å². The van der Waals surface area contributed by atoms with E-state index in [0.717, 1.165) is 38.9 Å². The molecule has 1 amide bonds. The number of phenolic OH excluding ortho intramolecular Hbond substituents is 1. The lowest BCUT2D eigenvalue weighted by Gasteiger charge is -2.13. The molecule has 1 atom stereocenters. The van der Waals surface area contributed by atoms with E-state index in [-0.39, 0.29) is 11.7 Å². The quantitative estimate of drug-likeness (QED) is 0.485. The van der Waals surface area contributed by atoms with E-state index in [1.807, 2.05) is 24.3 Å². The Bertz CT molecular complexity index is 1330. The second-order valence-electron chi connectivity index (χ2n) is 6.77. The second kappa shape index (κ2) is 4.81. The Morgan fingerprint density at radius 3 is 2.56 bits per heavy atom. The van der Waals surface area contributed by atoms with Gasteiger partial charge in [0.2, 0.25) is 0 Å². The van der Waals surface area contributed by atoms with Crippen molar-refractivity contribution >= 4 is 17.3 Å². The number of rotatable bonds is 1. The van der Waals surface area contributed by atoms with E-state index in [1.165, 1.54) is 0 Å². The van der Waals surface area contributed by atoms with Gasteiger partial charge in [-0.1, -0.05) is 18.2 Å². The van der Waals surface area contributed by atoms with Crippen molar-refractivity contribution in [2.24, 2.45) is 9.98 Å². The minimum Gasteiger partial charge on any atom is -0.508 e. The van der Waals surface area contributed by atoms with Gasteiger partial charge in [0.1, 0.15) is 5.75 Å². The van der Waals surface area contributed by atoms with Crippen LogP contribution in [0.2, 0.25) is 0 Å². The molecule has 0 spiro atoms. The summed E-state index contributed by atoms with van der Waals surface area (Å²) in [7, 11) is 1.58. The van der Waals surface area contributed by atoms with Crippen LogP contribution in [-0.2, 0) is 4.74 Å². The summed E-state index contributed by atoms with van der Waals surface area (Å²) in [4.78, 5) is 22.4. The molecule has 0 aromatic heterocycles. The highest BCUT2D eigenvalue weighted by Gasteiger charge is 2.39. The maximum absolute atomic E-state index is 12.9. The molecule has 0 radical (unpaired) electrons. The van der Waals surface area contributed by atoms with Crippen molar-refractivity contribution in [3.05, 3.63) is 64.3 Å². The van der Waals surface area contributed by atoms with Gasteiger partial charge in [-0.05, 0) is 18.2 Å². The fourth-order valence-corrected chi connectivity index (χ4v) is 4.28. The third-order valence-corrected chi connectivity index (χ3v) is 5.36. The van der Waals surface area contributed by atoms with Gasteiger partial charge in [0.25, 0.3) is 5.91 Å². The largest absolute Gasteiger partial charge is 0.508 e. The maximum Gasteiger partial charge on any atom is 0.254 e. The average Bonchev–Trinajstić information content (AvgIpc) is 3.32. The van der Waals surface area contributed by atoms with E-state index < -0.39 is 6.23 Å². The summed E-state index contributed by atoms with van der Waals surface area (Å²) >= 11 is 0. The molecule has 0 saturated heterocycles. The Morgan fingerprint density at radius 1 is 0.963 bits per heavy atom. The zero-order chi connectivity index (χ0) is 18.3. The number of benzene rings is 3. The van der Waals surface area contributed by atoms with E-state index in [9.17, 15) is 9.90 Å². The van der Waals surface area contributed by atoms with E-state index in [2.05, 4.69) is 5.32 Å². The smallest absolute Gasteiger partial charge is 0.254 e. The fraction of sp³-hybridized carbons (Fsp3) is 0.0952. The minimum absolute atomic E-state index is 0.137. The Labute approximate surface area is 153 Å². The first kappa shape index (κ1) is 14.6. The molecule has 0 fully saturated rings. The first-order valence-electron chi connectivity index (χ1n) is 8.61. The predicted octanol–water partition coefficient (Wildman–Crippen LogP) is 2.64. The number of para-hydroxylation sites is 1. The molecule has 130 valence electrons. The lowest BCUT2D eigenvalue weighted by molar-refractivity contribution is 0.0668. The summed E-state index contributed by atoms with van der Waals surface area (Å²) in [6, 6.07) is 12.9. The molecule has 3 heterocycles. The van der Waals surface area contributed by atoms with Crippen LogP contribution in [0, 0.1) is 0 Å². The highest BCUT2D eigenvalue weighted by Crippen LogP contribution is 2.45. The number of ether oxygens (including phenoxy) is 1. The number of fused-ring (bicyclic) bond motifs is 10. The van der Waals surface area contributed by atoms with Crippen LogP contribution in [0.3, 0.4) is 0 Å². The van der Waals surface area contributed by atoms with Crippen LogP contribution in [0.25, 0.3) is 22.3 Å². The van der Waals surface area contributed by atoms with Crippen molar-refractivity contribution in [3.63, 3.8) is 0 Å². The Balaban J connectivity index is 1.84. The molecule has 6 nitrogen and oxygen atoms in total. The molecule has 6 rings (SSSR count). The lowest BCUT2D eigenvalue weighted by Crippen LogP contribution is -2.29. The third-order valence-electron chi connectivity index (χ3n) is 5.36. The van der Waals surface area contributed by atoms with Gasteiger partial charge >= 0.3 is 0 Å². The van der Waals surface area contributed by atoms with E-state index in [1.54, 1.807) is 25.3 Å². The molecule has 0 bridgehead atoms. The molecule has 2 N–H and O–H groups in total. The SMILES string of the molecule is CO[C@H]1NC(=O)c2c1c1c(c3c2-c2ccc(O)cc2N=3)=Nc2ccccc2-1. The van der Waals surface area contributed by atoms with Crippen LogP contribution >= 0.6 is 0 Å². The van der Waals surface area contributed by atoms with Gasteiger partial charge in [-0.2, -0.15) is 0 Å². The minimum atomic E-state index is -0.533. The number of amides is 1. The Morgan fingerprint density at radius 2 is 1.70 bits per heavy atom. The van der Waals surface area contributed by atoms with Crippen molar-refractivity contribution in [2.45, 2.75) is 6.23 Å². The number of carbonyl (C=O) groups is 1. The first-order chi connectivity index (χ1) is 13.2. The number of methoxy groups -OCH3 is 1. The Kier molecular flexibility index (Phi) is 2.61. The van der Waals surface area contributed by atoms with Crippen molar-refractivity contribution in [1.82, 2.24) is 5.32 Å². The fourth-order valence-electron chi connectivity index (χ4n) is 4.28. The molecule has 0 saturated carbocycles. The van der Waals surface area contributed by atoms with Crippen LogP contribution in [0.4, 0.5) is 11.4 Å². The molecule has 0 unspecified atom stereocenters. The molecule has 27 heavy (non-hydrogen) atoms. The maximum atomic E-state index is 12.9. The molecule has 3 aromatic rings. The van der Waals surface area contributed by atoms with Gasteiger partial charge < -0.3 is 15.2 Å². The molecule has 3 aromatic carbocycles. The number of phenols is 1.